The number of nitrogens with zero attached hydrogens (tertiary/aromatic N) is 1. The molecule has 120 valence electrons. The number of rotatable bonds is 10. The summed E-state index contributed by atoms with van der Waals surface area (Å²) in [6.45, 7) is 12.0. The molecular formula is C16H27BrN2O2. The van der Waals surface area contributed by atoms with Crippen molar-refractivity contribution in [1.82, 2.24) is 10.2 Å². The lowest BCUT2D eigenvalue weighted by Gasteiger charge is -2.18. The second kappa shape index (κ2) is 10.0. The normalized spacial score (nSPS) is 11.0. The molecule has 1 aromatic carbocycles. The predicted octanol–water partition coefficient (Wildman–Crippen LogP) is 3.29. The molecule has 0 saturated heterocycles. The summed E-state index contributed by atoms with van der Waals surface area (Å²) in [5.74, 6) is 1.55. The van der Waals surface area contributed by atoms with E-state index >= 15 is 0 Å². The van der Waals surface area contributed by atoms with Gasteiger partial charge in [0.15, 0.2) is 11.5 Å². The molecule has 0 spiro atoms. The molecule has 0 heterocycles. The molecule has 0 atom stereocenters. The summed E-state index contributed by atoms with van der Waals surface area (Å²) in [7, 11) is 1.66. The Morgan fingerprint density at radius 1 is 1.14 bits per heavy atom. The SMILES string of the molecule is CCOc1cc(CNCCN(CC)CC)c(Br)cc1OC. The number of halogens is 1. The molecule has 1 rings (SSSR count). The lowest BCUT2D eigenvalue weighted by atomic mass is 10.2. The van der Waals surface area contributed by atoms with Crippen molar-refractivity contribution >= 4 is 15.9 Å². The second-order valence-corrected chi connectivity index (χ2v) is 5.59. The number of hydrogen-bond acceptors (Lipinski definition) is 4. The van der Waals surface area contributed by atoms with Crippen molar-refractivity contribution in [2.45, 2.75) is 27.3 Å². The molecule has 4 nitrogen and oxygen atoms in total. The lowest BCUT2D eigenvalue weighted by molar-refractivity contribution is 0.301. The summed E-state index contributed by atoms with van der Waals surface area (Å²) in [5, 5.41) is 3.48. The van der Waals surface area contributed by atoms with Gasteiger partial charge >= 0.3 is 0 Å². The summed E-state index contributed by atoms with van der Waals surface area (Å²) in [4.78, 5) is 2.40. The molecule has 0 saturated carbocycles. The van der Waals surface area contributed by atoms with Crippen molar-refractivity contribution in [3.8, 4) is 11.5 Å². The Morgan fingerprint density at radius 3 is 2.43 bits per heavy atom. The molecule has 0 aliphatic heterocycles. The average Bonchev–Trinajstić information content (AvgIpc) is 2.50. The first-order chi connectivity index (χ1) is 10.2. The molecule has 0 amide bonds. The standard InChI is InChI=1S/C16H27BrN2O2/c1-5-19(6-2)9-8-18-12-13-10-16(21-7-3)15(20-4)11-14(13)17/h10-11,18H,5-9,12H2,1-4H3. The fraction of sp³-hybridized carbons (Fsp3) is 0.625. The highest BCUT2D eigenvalue weighted by Gasteiger charge is 2.10. The largest absolute Gasteiger partial charge is 0.493 e. The Hall–Kier alpha value is -0.780. The van der Waals surface area contributed by atoms with E-state index in [-0.39, 0.29) is 0 Å². The van der Waals surface area contributed by atoms with Crippen LogP contribution in [-0.2, 0) is 6.54 Å². The van der Waals surface area contributed by atoms with Crippen LogP contribution in [0.15, 0.2) is 16.6 Å². The van der Waals surface area contributed by atoms with Gasteiger partial charge in [0.05, 0.1) is 13.7 Å². The quantitative estimate of drug-likeness (QED) is 0.650. The molecule has 0 aromatic heterocycles. The van der Waals surface area contributed by atoms with E-state index in [1.54, 1.807) is 7.11 Å². The number of benzene rings is 1. The van der Waals surface area contributed by atoms with E-state index in [1.807, 2.05) is 19.1 Å². The molecule has 1 aromatic rings. The monoisotopic (exact) mass is 358 g/mol. The minimum absolute atomic E-state index is 0.632. The van der Waals surface area contributed by atoms with Crippen molar-refractivity contribution in [3.63, 3.8) is 0 Å². The summed E-state index contributed by atoms with van der Waals surface area (Å²) < 4.78 is 12.0. The zero-order chi connectivity index (χ0) is 15.7. The third-order valence-corrected chi connectivity index (χ3v) is 4.19. The van der Waals surface area contributed by atoms with Crippen LogP contribution in [0, 0.1) is 0 Å². The number of hydrogen-bond donors (Lipinski definition) is 1. The van der Waals surface area contributed by atoms with Crippen molar-refractivity contribution < 1.29 is 9.47 Å². The van der Waals surface area contributed by atoms with Crippen molar-refractivity contribution in [3.05, 3.63) is 22.2 Å². The highest BCUT2D eigenvalue weighted by Crippen LogP contribution is 2.33. The lowest BCUT2D eigenvalue weighted by Crippen LogP contribution is -2.31. The minimum atomic E-state index is 0.632. The smallest absolute Gasteiger partial charge is 0.161 e. The van der Waals surface area contributed by atoms with Gasteiger partial charge in [-0.1, -0.05) is 29.8 Å². The van der Waals surface area contributed by atoms with E-state index in [4.69, 9.17) is 9.47 Å². The maximum absolute atomic E-state index is 5.62. The van der Waals surface area contributed by atoms with Gasteiger partial charge in [0.25, 0.3) is 0 Å². The first-order valence-electron chi connectivity index (χ1n) is 7.58. The highest BCUT2D eigenvalue weighted by molar-refractivity contribution is 9.10. The zero-order valence-electron chi connectivity index (χ0n) is 13.5. The number of ether oxygens (including phenoxy) is 2. The summed E-state index contributed by atoms with van der Waals surface area (Å²) in [6, 6.07) is 4.00. The number of likely N-dealkylation sites (N-methyl/N-ethyl adjacent to an activating group) is 1. The van der Waals surface area contributed by atoms with Gasteiger partial charge in [0.1, 0.15) is 0 Å². The van der Waals surface area contributed by atoms with Crippen molar-refractivity contribution in [1.29, 1.82) is 0 Å². The van der Waals surface area contributed by atoms with E-state index in [1.165, 1.54) is 5.56 Å². The first-order valence-corrected chi connectivity index (χ1v) is 8.37. The zero-order valence-corrected chi connectivity index (χ0v) is 15.1. The topological polar surface area (TPSA) is 33.7 Å². The Bertz CT molecular complexity index is 423. The fourth-order valence-electron chi connectivity index (χ4n) is 2.14. The molecule has 21 heavy (non-hydrogen) atoms. The molecular weight excluding hydrogens is 332 g/mol. The molecule has 0 aliphatic rings. The molecule has 0 radical (unpaired) electrons. The van der Waals surface area contributed by atoms with Gasteiger partial charge in [-0.05, 0) is 37.7 Å². The molecule has 5 heteroatoms. The molecule has 0 aliphatic carbocycles. The van der Waals surface area contributed by atoms with Crippen molar-refractivity contribution in [2.24, 2.45) is 0 Å². The molecule has 1 N–H and O–H groups in total. The Morgan fingerprint density at radius 2 is 1.86 bits per heavy atom. The van der Waals surface area contributed by atoms with E-state index in [0.29, 0.717) is 6.61 Å². The third-order valence-electron chi connectivity index (χ3n) is 3.45. The fourth-order valence-corrected chi connectivity index (χ4v) is 2.60. The van der Waals surface area contributed by atoms with E-state index in [2.05, 4.69) is 40.0 Å². The van der Waals surface area contributed by atoms with Gasteiger partial charge in [0, 0.05) is 24.1 Å². The first kappa shape index (κ1) is 18.3. The van der Waals surface area contributed by atoms with Crippen LogP contribution < -0.4 is 14.8 Å². The van der Waals surface area contributed by atoms with Gasteiger partial charge in [0.2, 0.25) is 0 Å². The third kappa shape index (κ3) is 5.85. The minimum Gasteiger partial charge on any atom is -0.493 e. The molecule has 0 fully saturated rings. The van der Waals surface area contributed by atoms with Crippen LogP contribution in [-0.4, -0.2) is 44.8 Å². The Labute approximate surface area is 136 Å². The van der Waals surface area contributed by atoms with Crippen molar-refractivity contribution in [2.75, 3.05) is 39.9 Å². The predicted molar refractivity (Wildman–Crippen MR) is 91.4 cm³/mol. The van der Waals surface area contributed by atoms with Gasteiger partial charge in [-0.2, -0.15) is 0 Å². The van der Waals surface area contributed by atoms with Crippen LogP contribution in [0.3, 0.4) is 0 Å². The Kier molecular flexibility index (Phi) is 8.73. The van der Waals surface area contributed by atoms with E-state index < -0.39 is 0 Å². The molecule has 0 bridgehead atoms. The van der Waals surface area contributed by atoms with Gasteiger partial charge in [-0.3, -0.25) is 0 Å². The number of nitrogens with one attached hydrogen (secondary N) is 1. The number of methoxy groups -OCH3 is 1. The molecule has 0 unspecified atom stereocenters. The van der Waals surface area contributed by atoms with Crippen LogP contribution in [0.5, 0.6) is 11.5 Å². The maximum Gasteiger partial charge on any atom is 0.161 e. The van der Waals surface area contributed by atoms with Crippen LogP contribution in [0.1, 0.15) is 26.3 Å². The Balaban J connectivity index is 2.60. The van der Waals surface area contributed by atoms with Gasteiger partial charge in [-0.25, -0.2) is 0 Å². The van der Waals surface area contributed by atoms with Crippen LogP contribution in [0.25, 0.3) is 0 Å². The summed E-state index contributed by atoms with van der Waals surface area (Å²) >= 11 is 3.60. The van der Waals surface area contributed by atoms with Crippen LogP contribution >= 0.6 is 15.9 Å². The van der Waals surface area contributed by atoms with E-state index in [9.17, 15) is 0 Å². The summed E-state index contributed by atoms with van der Waals surface area (Å²) in [6.07, 6.45) is 0. The van der Waals surface area contributed by atoms with Gasteiger partial charge in [-0.15, -0.1) is 0 Å². The average molecular weight is 359 g/mol. The summed E-state index contributed by atoms with van der Waals surface area (Å²) in [5.41, 5.74) is 1.18. The van der Waals surface area contributed by atoms with Gasteiger partial charge < -0.3 is 19.7 Å². The second-order valence-electron chi connectivity index (χ2n) is 4.73. The maximum atomic E-state index is 5.62. The van der Waals surface area contributed by atoms with Crippen LogP contribution in [0.2, 0.25) is 0 Å². The van der Waals surface area contributed by atoms with Crippen LogP contribution in [0.4, 0.5) is 0 Å². The highest BCUT2D eigenvalue weighted by atomic mass is 79.9. The van der Waals surface area contributed by atoms with E-state index in [0.717, 1.165) is 48.7 Å².